The highest BCUT2D eigenvalue weighted by atomic mass is 16.5. The zero-order chi connectivity index (χ0) is 21.8. The lowest BCUT2D eigenvalue weighted by atomic mass is 10.00. The normalized spacial score (nSPS) is 14.5. The van der Waals surface area contributed by atoms with Crippen LogP contribution in [-0.2, 0) is 14.3 Å². The van der Waals surface area contributed by atoms with Crippen LogP contribution in [0.3, 0.4) is 0 Å². The maximum atomic E-state index is 12.3. The molecule has 0 aromatic heterocycles. The molecule has 1 fully saturated rings. The zero-order valence-corrected chi connectivity index (χ0v) is 17.3. The Bertz CT molecular complexity index is 1120. The number of benzene rings is 3. The number of anilines is 1. The second-order valence-corrected chi connectivity index (χ2v) is 7.63. The van der Waals surface area contributed by atoms with Crippen molar-refractivity contribution in [3.8, 4) is 0 Å². The van der Waals surface area contributed by atoms with Crippen LogP contribution in [0.1, 0.15) is 41.7 Å². The first-order valence-electron chi connectivity index (χ1n) is 10.4. The molecule has 0 bridgehead atoms. The van der Waals surface area contributed by atoms with E-state index in [9.17, 15) is 14.4 Å². The molecule has 1 N–H and O–H groups in total. The van der Waals surface area contributed by atoms with Crippen LogP contribution < -0.4 is 10.2 Å². The predicted molar refractivity (Wildman–Crippen MR) is 119 cm³/mol. The topological polar surface area (TPSA) is 75.7 Å². The van der Waals surface area contributed by atoms with E-state index in [0.717, 1.165) is 28.4 Å². The van der Waals surface area contributed by atoms with E-state index in [1.165, 1.54) is 0 Å². The van der Waals surface area contributed by atoms with Gasteiger partial charge in [-0.3, -0.25) is 9.59 Å². The molecule has 0 spiro atoms. The van der Waals surface area contributed by atoms with E-state index < -0.39 is 5.97 Å². The van der Waals surface area contributed by atoms with Crippen molar-refractivity contribution in [2.45, 2.75) is 25.8 Å². The average Bonchev–Trinajstić information content (AvgIpc) is 3.23. The van der Waals surface area contributed by atoms with Gasteiger partial charge in [-0.25, -0.2) is 4.79 Å². The van der Waals surface area contributed by atoms with E-state index in [1.54, 1.807) is 29.2 Å². The molecule has 1 aliphatic rings. The summed E-state index contributed by atoms with van der Waals surface area (Å²) >= 11 is 0. The van der Waals surface area contributed by atoms with Crippen LogP contribution >= 0.6 is 0 Å². The molecule has 0 saturated carbocycles. The van der Waals surface area contributed by atoms with Gasteiger partial charge in [0.1, 0.15) is 0 Å². The Morgan fingerprint density at radius 3 is 2.52 bits per heavy atom. The molecule has 31 heavy (non-hydrogen) atoms. The molecule has 1 aliphatic heterocycles. The van der Waals surface area contributed by atoms with Gasteiger partial charge in [0.2, 0.25) is 5.91 Å². The summed E-state index contributed by atoms with van der Waals surface area (Å²) in [5, 5.41) is 5.06. The van der Waals surface area contributed by atoms with Crippen molar-refractivity contribution >= 4 is 34.2 Å². The molecule has 0 unspecified atom stereocenters. The van der Waals surface area contributed by atoms with Crippen molar-refractivity contribution in [3.05, 3.63) is 77.9 Å². The van der Waals surface area contributed by atoms with E-state index in [4.69, 9.17) is 4.74 Å². The van der Waals surface area contributed by atoms with Gasteiger partial charge in [0.15, 0.2) is 6.61 Å². The minimum absolute atomic E-state index is 0.0901. The van der Waals surface area contributed by atoms with Crippen LogP contribution in [0.2, 0.25) is 0 Å². The maximum Gasteiger partial charge on any atom is 0.338 e. The molecule has 4 rings (SSSR count). The van der Waals surface area contributed by atoms with Crippen LogP contribution in [-0.4, -0.2) is 30.9 Å². The molecule has 1 saturated heterocycles. The molecule has 158 valence electrons. The summed E-state index contributed by atoms with van der Waals surface area (Å²) in [5.41, 5.74) is 2.11. The van der Waals surface area contributed by atoms with Crippen molar-refractivity contribution in [3.63, 3.8) is 0 Å². The molecule has 1 heterocycles. The van der Waals surface area contributed by atoms with Gasteiger partial charge in [-0.05, 0) is 53.9 Å². The lowest BCUT2D eigenvalue weighted by Crippen LogP contribution is -2.31. The fourth-order valence-corrected chi connectivity index (χ4v) is 3.90. The van der Waals surface area contributed by atoms with Crippen molar-refractivity contribution in [2.75, 3.05) is 18.1 Å². The van der Waals surface area contributed by atoms with E-state index in [-0.39, 0.29) is 24.5 Å². The monoisotopic (exact) mass is 416 g/mol. The molecule has 1 atom stereocenters. The summed E-state index contributed by atoms with van der Waals surface area (Å²) in [6.07, 6.45) is 1.39. The number of ether oxygens (including phenoxy) is 1. The van der Waals surface area contributed by atoms with Crippen LogP contribution in [0, 0.1) is 0 Å². The smallest absolute Gasteiger partial charge is 0.338 e. The summed E-state index contributed by atoms with van der Waals surface area (Å²) < 4.78 is 5.17. The second-order valence-electron chi connectivity index (χ2n) is 7.63. The number of carbonyl (C=O) groups excluding carboxylic acids is 3. The molecule has 6 heteroatoms. The maximum absolute atomic E-state index is 12.3. The largest absolute Gasteiger partial charge is 0.452 e. The third-order valence-electron chi connectivity index (χ3n) is 5.49. The van der Waals surface area contributed by atoms with Crippen molar-refractivity contribution in [1.29, 1.82) is 0 Å². The predicted octanol–water partition coefficient (Wildman–Crippen LogP) is 4.00. The van der Waals surface area contributed by atoms with Gasteiger partial charge in [0.25, 0.3) is 5.91 Å². The molecular weight excluding hydrogens is 392 g/mol. The molecule has 2 amide bonds. The Morgan fingerprint density at radius 2 is 1.77 bits per heavy atom. The summed E-state index contributed by atoms with van der Waals surface area (Å²) in [4.78, 5) is 38.2. The van der Waals surface area contributed by atoms with Gasteiger partial charge >= 0.3 is 5.97 Å². The SMILES string of the molecule is C[C@H](NC(=O)COC(=O)c1ccc(N2CCCC2=O)cc1)c1cccc2ccccc12. The number of esters is 1. The first kappa shape index (κ1) is 20.6. The van der Waals surface area contributed by atoms with E-state index >= 15 is 0 Å². The number of carbonyl (C=O) groups is 3. The van der Waals surface area contributed by atoms with Crippen molar-refractivity contribution in [1.82, 2.24) is 5.32 Å². The Hall–Kier alpha value is -3.67. The van der Waals surface area contributed by atoms with Gasteiger partial charge < -0.3 is 15.0 Å². The number of hydrogen-bond donors (Lipinski definition) is 1. The number of hydrogen-bond acceptors (Lipinski definition) is 4. The molecule has 0 radical (unpaired) electrons. The van der Waals surface area contributed by atoms with Gasteiger partial charge in [-0.15, -0.1) is 0 Å². The summed E-state index contributed by atoms with van der Waals surface area (Å²) in [5.74, 6) is -0.854. The lowest BCUT2D eigenvalue weighted by Gasteiger charge is -2.17. The standard InChI is InChI=1S/C25H24N2O4/c1-17(21-9-4-7-18-6-2-3-8-22(18)21)26-23(28)16-31-25(30)19-11-13-20(14-12-19)27-15-5-10-24(27)29/h2-4,6-9,11-14,17H,5,10,15-16H2,1H3,(H,26,28)/t17-/m0/s1. The number of fused-ring (bicyclic) bond motifs is 1. The minimum atomic E-state index is -0.577. The Balaban J connectivity index is 1.33. The van der Waals surface area contributed by atoms with Crippen LogP contribution in [0.5, 0.6) is 0 Å². The fraction of sp³-hybridized carbons (Fsp3) is 0.240. The highest BCUT2D eigenvalue weighted by Crippen LogP contribution is 2.24. The van der Waals surface area contributed by atoms with E-state index in [0.29, 0.717) is 18.5 Å². The minimum Gasteiger partial charge on any atom is -0.452 e. The lowest BCUT2D eigenvalue weighted by molar-refractivity contribution is -0.124. The van der Waals surface area contributed by atoms with E-state index in [2.05, 4.69) is 5.32 Å². The third kappa shape index (κ3) is 4.58. The Morgan fingerprint density at radius 1 is 1.03 bits per heavy atom. The molecular formula is C25H24N2O4. The first-order valence-corrected chi connectivity index (χ1v) is 10.4. The van der Waals surface area contributed by atoms with Gasteiger partial charge in [-0.2, -0.15) is 0 Å². The van der Waals surface area contributed by atoms with E-state index in [1.807, 2.05) is 49.4 Å². The van der Waals surface area contributed by atoms with Gasteiger partial charge in [-0.1, -0.05) is 42.5 Å². The summed E-state index contributed by atoms with van der Waals surface area (Å²) in [7, 11) is 0. The zero-order valence-electron chi connectivity index (χ0n) is 17.3. The summed E-state index contributed by atoms with van der Waals surface area (Å²) in [6.45, 7) is 2.23. The third-order valence-corrected chi connectivity index (χ3v) is 5.49. The van der Waals surface area contributed by atoms with Crippen LogP contribution in [0.25, 0.3) is 10.8 Å². The number of amides is 2. The molecule has 3 aromatic rings. The molecule has 6 nitrogen and oxygen atoms in total. The van der Waals surface area contributed by atoms with Crippen LogP contribution in [0.4, 0.5) is 5.69 Å². The quantitative estimate of drug-likeness (QED) is 0.617. The van der Waals surface area contributed by atoms with Crippen LogP contribution in [0.15, 0.2) is 66.7 Å². The fourth-order valence-electron chi connectivity index (χ4n) is 3.90. The average molecular weight is 416 g/mol. The van der Waals surface area contributed by atoms with Crippen molar-refractivity contribution < 1.29 is 19.1 Å². The Labute approximate surface area is 180 Å². The van der Waals surface area contributed by atoms with Gasteiger partial charge in [0.05, 0.1) is 11.6 Å². The molecule has 3 aromatic carbocycles. The Kier molecular flexibility index (Phi) is 5.98. The highest BCUT2D eigenvalue weighted by Gasteiger charge is 2.22. The first-order chi connectivity index (χ1) is 15.0. The summed E-state index contributed by atoms with van der Waals surface area (Å²) in [6, 6.07) is 20.4. The van der Waals surface area contributed by atoms with Gasteiger partial charge in [0, 0.05) is 18.7 Å². The number of rotatable bonds is 6. The number of nitrogens with zero attached hydrogens (tertiary/aromatic N) is 1. The number of nitrogens with one attached hydrogen (secondary N) is 1. The van der Waals surface area contributed by atoms with Crippen molar-refractivity contribution in [2.24, 2.45) is 0 Å². The highest BCUT2D eigenvalue weighted by molar-refractivity contribution is 5.96. The molecule has 0 aliphatic carbocycles. The second kappa shape index (κ2) is 9.00.